The molecule has 0 unspecified atom stereocenters. The molecule has 2 heteroatoms. The van der Waals surface area contributed by atoms with E-state index in [1.165, 1.54) is 80.9 Å². The Kier molecular flexibility index (Phi) is 10.7. The SMILES string of the molecule is CCCCCCCCCCCCc1ccc(-c2nc(-c3cccc(C)c3)cc(-c3cccc(C)c3)n2)cc1. The van der Waals surface area contributed by atoms with Crippen molar-refractivity contribution in [1.29, 1.82) is 0 Å². The summed E-state index contributed by atoms with van der Waals surface area (Å²) in [5.41, 5.74) is 9.11. The normalized spacial score (nSPS) is 11.1. The number of hydrogen-bond acceptors (Lipinski definition) is 2. The minimum atomic E-state index is 0.783. The molecular formula is C36H44N2. The van der Waals surface area contributed by atoms with E-state index in [1.807, 2.05) is 0 Å². The van der Waals surface area contributed by atoms with Crippen molar-refractivity contribution in [2.24, 2.45) is 0 Å². The lowest BCUT2D eigenvalue weighted by molar-refractivity contribution is 0.556. The van der Waals surface area contributed by atoms with Gasteiger partial charge in [-0.3, -0.25) is 0 Å². The average molecular weight is 505 g/mol. The second-order valence-electron chi connectivity index (χ2n) is 10.8. The molecule has 38 heavy (non-hydrogen) atoms. The van der Waals surface area contributed by atoms with Crippen LogP contribution in [0.25, 0.3) is 33.9 Å². The van der Waals surface area contributed by atoms with E-state index >= 15 is 0 Å². The van der Waals surface area contributed by atoms with Gasteiger partial charge < -0.3 is 0 Å². The molecule has 0 amide bonds. The van der Waals surface area contributed by atoms with Gasteiger partial charge in [0.25, 0.3) is 0 Å². The molecular weight excluding hydrogens is 460 g/mol. The lowest BCUT2D eigenvalue weighted by atomic mass is 10.0. The van der Waals surface area contributed by atoms with Crippen LogP contribution in [0.5, 0.6) is 0 Å². The molecule has 1 aromatic heterocycles. The van der Waals surface area contributed by atoms with E-state index in [4.69, 9.17) is 9.97 Å². The Morgan fingerprint density at radius 3 is 1.50 bits per heavy atom. The van der Waals surface area contributed by atoms with Crippen LogP contribution in [0.2, 0.25) is 0 Å². The van der Waals surface area contributed by atoms with Crippen LogP contribution in [0, 0.1) is 13.8 Å². The predicted molar refractivity (Wildman–Crippen MR) is 163 cm³/mol. The fraction of sp³-hybridized carbons (Fsp3) is 0.389. The second-order valence-corrected chi connectivity index (χ2v) is 10.8. The van der Waals surface area contributed by atoms with Crippen LogP contribution < -0.4 is 0 Å². The second kappa shape index (κ2) is 14.6. The van der Waals surface area contributed by atoms with Crippen LogP contribution >= 0.6 is 0 Å². The summed E-state index contributed by atoms with van der Waals surface area (Å²) in [4.78, 5) is 10.0. The molecule has 0 spiro atoms. The highest BCUT2D eigenvalue weighted by Crippen LogP contribution is 2.28. The van der Waals surface area contributed by atoms with Gasteiger partial charge in [-0.15, -0.1) is 0 Å². The van der Waals surface area contributed by atoms with E-state index in [1.54, 1.807) is 0 Å². The Morgan fingerprint density at radius 2 is 1.00 bits per heavy atom. The van der Waals surface area contributed by atoms with Crippen molar-refractivity contribution in [2.45, 2.75) is 91.4 Å². The van der Waals surface area contributed by atoms with E-state index in [9.17, 15) is 0 Å². The molecule has 1 heterocycles. The molecule has 0 saturated heterocycles. The van der Waals surface area contributed by atoms with Crippen molar-refractivity contribution in [2.75, 3.05) is 0 Å². The summed E-state index contributed by atoms with van der Waals surface area (Å²) in [6.45, 7) is 6.54. The lowest BCUT2D eigenvalue weighted by Crippen LogP contribution is -1.96. The molecule has 3 aromatic carbocycles. The summed E-state index contributed by atoms with van der Waals surface area (Å²) in [5.74, 6) is 0.783. The fourth-order valence-corrected chi connectivity index (χ4v) is 5.12. The van der Waals surface area contributed by atoms with Gasteiger partial charge >= 0.3 is 0 Å². The first-order valence-corrected chi connectivity index (χ1v) is 14.7. The zero-order valence-electron chi connectivity index (χ0n) is 23.7. The summed E-state index contributed by atoms with van der Waals surface area (Å²) in [5, 5.41) is 0. The van der Waals surface area contributed by atoms with Crippen molar-refractivity contribution in [3.8, 4) is 33.9 Å². The smallest absolute Gasteiger partial charge is 0.160 e. The molecule has 4 aromatic rings. The van der Waals surface area contributed by atoms with Crippen molar-refractivity contribution < 1.29 is 0 Å². The van der Waals surface area contributed by atoms with Gasteiger partial charge in [0.1, 0.15) is 0 Å². The van der Waals surface area contributed by atoms with Crippen LogP contribution in [0.15, 0.2) is 78.9 Å². The third-order valence-electron chi connectivity index (χ3n) is 7.38. The molecule has 4 rings (SSSR count). The Bertz CT molecular complexity index is 1210. The maximum absolute atomic E-state index is 5.01. The summed E-state index contributed by atoms with van der Waals surface area (Å²) >= 11 is 0. The van der Waals surface area contributed by atoms with Gasteiger partial charge in [0, 0.05) is 16.7 Å². The highest BCUT2D eigenvalue weighted by atomic mass is 14.9. The van der Waals surface area contributed by atoms with Crippen LogP contribution in [0.3, 0.4) is 0 Å². The maximum Gasteiger partial charge on any atom is 0.160 e. The van der Waals surface area contributed by atoms with E-state index in [2.05, 4.69) is 99.6 Å². The monoisotopic (exact) mass is 504 g/mol. The molecule has 0 radical (unpaired) electrons. The highest BCUT2D eigenvalue weighted by Gasteiger charge is 2.11. The maximum atomic E-state index is 5.01. The van der Waals surface area contributed by atoms with Gasteiger partial charge in [-0.25, -0.2) is 9.97 Å². The Labute approximate surface area is 230 Å². The van der Waals surface area contributed by atoms with Gasteiger partial charge in [0.2, 0.25) is 0 Å². The quantitative estimate of drug-likeness (QED) is 0.160. The minimum Gasteiger partial charge on any atom is -0.228 e. The van der Waals surface area contributed by atoms with E-state index in [-0.39, 0.29) is 0 Å². The van der Waals surface area contributed by atoms with Gasteiger partial charge in [-0.1, -0.05) is 137 Å². The topological polar surface area (TPSA) is 25.8 Å². The third kappa shape index (κ3) is 8.38. The summed E-state index contributed by atoms with van der Waals surface area (Å²) < 4.78 is 0. The largest absolute Gasteiger partial charge is 0.228 e. The molecule has 0 aliphatic carbocycles. The van der Waals surface area contributed by atoms with Crippen LogP contribution in [-0.2, 0) is 6.42 Å². The van der Waals surface area contributed by atoms with Crippen molar-refractivity contribution >= 4 is 0 Å². The molecule has 0 fully saturated rings. The number of unbranched alkanes of at least 4 members (excludes halogenated alkanes) is 9. The predicted octanol–water partition coefficient (Wildman–Crippen LogP) is 10.6. The Morgan fingerprint density at radius 1 is 0.500 bits per heavy atom. The molecule has 0 atom stereocenters. The summed E-state index contributed by atoms with van der Waals surface area (Å²) in [7, 11) is 0. The van der Waals surface area contributed by atoms with Crippen LogP contribution in [0.1, 0.15) is 87.8 Å². The molecule has 198 valence electrons. The number of rotatable bonds is 14. The minimum absolute atomic E-state index is 0.783. The van der Waals surface area contributed by atoms with Gasteiger partial charge in [-0.05, 0) is 50.5 Å². The molecule has 0 N–H and O–H groups in total. The van der Waals surface area contributed by atoms with Crippen molar-refractivity contribution in [3.05, 3.63) is 95.6 Å². The molecule has 0 bridgehead atoms. The van der Waals surface area contributed by atoms with Crippen molar-refractivity contribution in [1.82, 2.24) is 9.97 Å². The first kappa shape index (κ1) is 27.8. The molecule has 2 nitrogen and oxygen atoms in total. The standard InChI is InChI=1S/C36H44N2/c1-4-5-6-7-8-9-10-11-12-13-18-30-21-23-31(24-22-30)36-37-34(32-19-14-16-28(2)25-32)27-35(38-36)33-20-15-17-29(3)26-33/h14-17,19-27H,4-13,18H2,1-3H3. The number of aryl methyl sites for hydroxylation is 3. The number of hydrogen-bond donors (Lipinski definition) is 0. The van der Waals surface area contributed by atoms with Crippen molar-refractivity contribution in [3.63, 3.8) is 0 Å². The third-order valence-corrected chi connectivity index (χ3v) is 7.38. The zero-order chi connectivity index (χ0) is 26.6. The van der Waals surface area contributed by atoms with E-state index in [0.29, 0.717) is 0 Å². The Hall–Kier alpha value is -3.26. The van der Waals surface area contributed by atoms with Crippen LogP contribution in [0.4, 0.5) is 0 Å². The van der Waals surface area contributed by atoms with Crippen LogP contribution in [-0.4, -0.2) is 9.97 Å². The fourth-order valence-electron chi connectivity index (χ4n) is 5.12. The molecule has 0 aliphatic rings. The van der Waals surface area contributed by atoms with Gasteiger partial charge in [0.05, 0.1) is 11.4 Å². The van der Waals surface area contributed by atoms with Gasteiger partial charge in [-0.2, -0.15) is 0 Å². The average Bonchev–Trinajstić information content (AvgIpc) is 2.94. The molecule has 0 saturated carbocycles. The highest BCUT2D eigenvalue weighted by molar-refractivity contribution is 5.72. The zero-order valence-corrected chi connectivity index (χ0v) is 23.7. The van der Waals surface area contributed by atoms with Gasteiger partial charge in [0.15, 0.2) is 5.82 Å². The summed E-state index contributed by atoms with van der Waals surface area (Å²) in [6, 6.07) is 28.1. The lowest BCUT2D eigenvalue weighted by Gasteiger charge is -2.11. The van der Waals surface area contributed by atoms with E-state index in [0.717, 1.165) is 40.3 Å². The molecule has 0 aliphatic heterocycles. The Balaban J connectivity index is 1.41. The first-order chi connectivity index (χ1) is 18.6. The summed E-state index contributed by atoms with van der Waals surface area (Å²) in [6.07, 6.45) is 14.9. The number of aromatic nitrogens is 2. The van der Waals surface area contributed by atoms with E-state index < -0.39 is 0 Å². The first-order valence-electron chi connectivity index (χ1n) is 14.7. The number of nitrogens with zero attached hydrogens (tertiary/aromatic N) is 2. The number of benzene rings is 3.